The summed E-state index contributed by atoms with van der Waals surface area (Å²) in [5, 5.41) is 11.7. The number of ether oxygens (including phenoxy) is 4. The Morgan fingerprint density at radius 3 is 1.33 bits per heavy atom. The fraction of sp³-hybridized carbons (Fsp3) is 0.300. The van der Waals surface area contributed by atoms with Gasteiger partial charge in [-0.3, -0.25) is 0 Å². The first-order valence-electron chi connectivity index (χ1n) is 9.15. The van der Waals surface area contributed by atoms with E-state index in [9.17, 15) is 0 Å². The first-order valence-corrected chi connectivity index (χ1v) is 9.97. The Bertz CT molecular complexity index is 923. The summed E-state index contributed by atoms with van der Waals surface area (Å²) >= 11 is 11.3. The van der Waals surface area contributed by atoms with Crippen molar-refractivity contribution in [1.29, 1.82) is 0 Å². The zero-order valence-electron chi connectivity index (χ0n) is 17.0. The molecule has 2 heterocycles. The van der Waals surface area contributed by atoms with Gasteiger partial charge >= 0.3 is 0 Å². The summed E-state index contributed by atoms with van der Waals surface area (Å²) in [6.07, 6.45) is -0.551. The minimum atomic E-state index is -0.276. The lowest BCUT2D eigenvalue weighted by Crippen LogP contribution is -2.36. The summed E-state index contributed by atoms with van der Waals surface area (Å²) in [6, 6.07) is 11.5. The number of hydrazine groups is 1. The Labute approximate surface area is 185 Å². The van der Waals surface area contributed by atoms with Crippen LogP contribution in [0.15, 0.2) is 36.4 Å². The lowest BCUT2D eigenvalue weighted by Gasteiger charge is -2.27. The topological polar surface area (TPSA) is 67.5 Å². The molecule has 10 heteroatoms. The van der Waals surface area contributed by atoms with Crippen molar-refractivity contribution >= 4 is 34.7 Å². The van der Waals surface area contributed by atoms with E-state index in [4.69, 9.17) is 43.4 Å². The Morgan fingerprint density at radius 2 is 1.00 bits per heavy atom. The van der Waals surface area contributed by atoms with Crippen LogP contribution >= 0.6 is 24.4 Å². The third kappa shape index (κ3) is 3.21. The van der Waals surface area contributed by atoms with E-state index in [1.807, 2.05) is 46.4 Å². The van der Waals surface area contributed by atoms with Crippen molar-refractivity contribution in [3.05, 3.63) is 47.5 Å². The van der Waals surface area contributed by atoms with Gasteiger partial charge in [-0.15, -0.1) is 0 Å². The second-order valence-corrected chi connectivity index (χ2v) is 7.40. The molecule has 0 radical (unpaired) electrons. The van der Waals surface area contributed by atoms with Gasteiger partial charge in [0.15, 0.2) is 33.2 Å². The van der Waals surface area contributed by atoms with Crippen molar-refractivity contribution in [2.24, 2.45) is 0 Å². The van der Waals surface area contributed by atoms with Crippen molar-refractivity contribution in [2.45, 2.75) is 12.3 Å². The number of rotatable bonds is 6. The normalized spacial score (nSPS) is 19.9. The van der Waals surface area contributed by atoms with Crippen molar-refractivity contribution < 1.29 is 18.9 Å². The van der Waals surface area contributed by atoms with Gasteiger partial charge in [0.25, 0.3) is 0 Å². The molecule has 2 aliphatic heterocycles. The monoisotopic (exact) mass is 446 g/mol. The molecular weight excluding hydrogens is 424 g/mol. The largest absolute Gasteiger partial charge is 0.493 e. The Balaban J connectivity index is 1.68. The fourth-order valence-electron chi connectivity index (χ4n) is 3.66. The molecule has 0 aliphatic carbocycles. The molecule has 2 fully saturated rings. The van der Waals surface area contributed by atoms with Crippen molar-refractivity contribution in [1.82, 2.24) is 20.7 Å². The molecule has 4 rings (SSSR count). The second kappa shape index (κ2) is 8.04. The molecule has 0 saturated carbocycles. The highest BCUT2D eigenvalue weighted by molar-refractivity contribution is 7.80. The number of nitrogens with zero attached hydrogens (tertiary/aromatic N) is 2. The van der Waals surface area contributed by atoms with Crippen molar-refractivity contribution in [3.8, 4) is 23.0 Å². The van der Waals surface area contributed by atoms with Crippen LogP contribution in [0.2, 0.25) is 0 Å². The van der Waals surface area contributed by atoms with Crippen molar-refractivity contribution in [2.75, 3.05) is 28.4 Å². The maximum absolute atomic E-state index is 5.65. The van der Waals surface area contributed by atoms with E-state index in [1.165, 1.54) is 0 Å². The Hall–Kier alpha value is -2.98. The van der Waals surface area contributed by atoms with E-state index in [2.05, 4.69) is 10.6 Å². The van der Waals surface area contributed by atoms with E-state index >= 15 is 0 Å². The third-order valence-electron chi connectivity index (χ3n) is 5.10. The highest BCUT2D eigenvalue weighted by atomic mass is 32.1. The van der Waals surface area contributed by atoms with Gasteiger partial charge in [-0.1, -0.05) is 12.1 Å². The van der Waals surface area contributed by atoms with Crippen LogP contribution in [0, 0.1) is 0 Å². The van der Waals surface area contributed by atoms with Gasteiger partial charge in [-0.05, 0) is 48.7 Å². The summed E-state index contributed by atoms with van der Waals surface area (Å²) in [4.78, 5) is 0. The molecule has 2 aliphatic rings. The number of nitrogens with one attached hydrogen (secondary N) is 2. The van der Waals surface area contributed by atoms with Gasteiger partial charge in [-0.2, -0.15) is 0 Å². The standard InChI is InChI=1S/C20H22N4O4S2/c1-25-13-7-5-11(9-15(13)27-3)17-21-19(29)24-18(22-20(30)23(17)24)12-6-8-14(26-2)16(10-12)28-4/h5-10,17-18H,1-4H3,(H,21,29)(H,22,30)/t17-,18-/m0/s1. The molecule has 2 N–H and O–H groups in total. The summed E-state index contributed by atoms with van der Waals surface area (Å²) in [5.74, 6) is 2.58. The summed E-state index contributed by atoms with van der Waals surface area (Å²) in [5.41, 5.74) is 1.88. The number of thiocarbonyl (C=S) groups is 2. The number of benzene rings is 2. The van der Waals surface area contributed by atoms with Gasteiger partial charge in [0.1, 0.15) is 12.3 Å². The Kier molecular flexibility index (Phi) is 5.44. The molecule has 8 nitrogen and oxygen atoms in total. The summed E-state index contributed by atoms with van der Waals surface area (Å²) in [7, 11) is 6.43. The SMILES string of the molecule is COc1ccc([C@H]2NC(=S)N3[C@@H](c4ccc(OC)c(OC)c4)NC(=S)N23)cc1OC. The molecule has 158 valence electrons. The van der Waals surface area contributed by atoms with Crippen LogP contribution in [0.3, 0.4) is 0 Å². The number of hydrogen-bond acceptors (Lipinski definition) is 6. The maximum atomic E-state index is 5.65. The van der Waals surface area contributed by atoms with E-state index in [0.29, 0.717) is 33.2 Å². The van der Waals surface area contributed by atoms with Gasteiger partial charge in [0.2, 0.25) is 0 Å². The average Bonchev–Trinajstić information content (AvgIpc) is 3.30. The highest BCUT2D eigenvalue weighted by Crippen LogP contribution is 2.40. The molecule has 0 spiro atoms. The lowest BCUT2D eigenvalue weighted by atomic mass is 10.1. The zero-order valence-corrected chi connectivity index (χ0v) is 18.6. The fourth-order valence-corrected chi connectivity index (χ4v) is 4.27. The number of hydrogen-bond donors (Lipinski definition) is 2. The molecule has 0 amide bonds. The van der Waals surface area contributed by atoms with Crippen LogP contribution in [-0.4, -0.2) is 48.7 Å². The average molecular weight is 447 g/mol. The molecule has 0 bridgehead atoms. The Morgan fingerprint density at radius 1 is 0.633 bits per heavy atom. The maximum Gasteiger partial charge on any atom is 0.192 e. The predicted molar refractivity (Wildman–Crippen MR) is 120 cm³/mol. The molecule has 2 aromatic rings. The molecule has 30 heavy (non-hydrogen) atoms. The molecule has 0 unspecified atom stereocenters. The van der Waals surface area contributed by atoms with Crippen LogP contribution in [0.1, 0.15) is 23.5 Å². The quantitative estimate of drug-likeness (QED) is 0.648. The van der Waals surface area contributed by atoms with Crippen LogP contribution in [0.4, 0.5) is 0 Å². The second-order valence-electron chi connectivity index (χ2n) is 6.62. The minimum Gasteiger partial charge on any atom is -0.493 e. The van der Waals surface area contributed by atoms with E-state index in [-0.39, 0.29) is 12.3 Å². The predicted octanol–water partition coefficient (Wildman–Crippen LogP) is 2.71. The molecule has 2 saturated heterocycles. The van der Waals surface area contributed by atoms with E-state index < -0.39 is 0 Å². The van der Waals surface area contributed by atoms with E-state index in [1.54, 1.807) is 28.4 Å². The lowest BCUT2D eigenvalue weighted by molar-refractivity contribution is 0.113. The number of fused-ring (bicyclic) bond motifs is 1. The first kappa shape index (κ1) is 20.3. The molecule has 2 aromatic carbocycles. The van der Waals surface area contributed by atoms with Gasteiger partial charge < -0.3 is 29.6 Å². The van der Waals surface area contributed by atoms with Gasteiger partial charge in [0, 0.05) is 11.1 Å². The van der Waals surface area contributed by atoms with Crippen LogP contribution in [-0.2, 0) is 0 Å². The molecule has 0 aromatic heterocycles. The van der Waals surface area contributed by atoms with Gasteiger partial charge in [-0.25, -0.2) is 10.0 Å². The van der Waals surface area contributed by atoms with Crippen molar-refractivity contribution in [3.63, 3.8) is 0 Å². The van der Waals surface area contributed by atoms with Gasteiger partial charge in [0.05, 0.1) is 28.4 Å². The zero-order chi connectivity index (χ0) is 21.4. The number of methoxy groups -OCH3 is 4. The van der Waals surface area contributed by atoms with Crippen LogP contribution in [0.25, 0.3) is 0 Å². The first-order chi connectivity index (χ1) is 14.5. The highest BCUT2D eigenvalue weighted by Gasteiger charge is 2.47. The molecular formula is C20H22N4O4S2. The molecule has 2 atom stereocenters. The van der Waals surface area contributed by atoms with Crippen LogP contribution < -0.4 is 29.6 Å². The smallest absolute Gasteiger partial charge is 0.192 e. The minimum absolute atomic E-state index is 0.276. The van der Waals surface area contributed by atoms with Crippen LogP contribution in [0.5, 0.6) is 23.0 Å². The third-order valence-corrected chi connectivity index (χ3v) is 5.71. The van der Waals surface area contributed by atoms with E-state index in [0.717, 1.165) is 11.1 Å². The summed E-state index contributed by atoms with van der Waals surface area (Å²) < 4.78 is 21.6. The summed E-state index contributed by atoms with van der Waals surface area (Å²) in [6.45, 7) is 0.